The Kier molecular flexibility index (Phi) is 5.85. The summed E-state index contributed by atoms with van der Waals surface area (Å²) in [5.74, 6) is 2.70. The Morgan fingerprint density at radius 2 is 1.89 bits per heavy atom. The van der Waals surface area contributed by atoms with E-state index in [1.165, 1.54) is 28.7 Å². The number of carbonyl (C=O) groups excluding carboxylic acids is 2. The number of fused-ring (bicyclic) bond motifs is 4. The van der Waals surface area contributed by atoms with E-state index in [4.69, 9.17) is 0 Å². The van der Waals surface area contributed by atoms with Gasteiger partial charge in [-0.25, -0.2) is 0 Å². The van der Waals surface area contributed by atoms with E-state index in [9.17, 15) is 9.59 Å². The summed E-state index contributed by atoms with van der Waals surface area (Å²) in [6.07, 6.45) is 12.6. The third-order valence-electron chi connectivity index (χ3n) is 10.2. The van der Waals surface area contributed by atoms with Gasteiger partial charge in [0.2, 0.25) is 0 Å². The molecule has 0 saturated heterocycles. The summed E-state index contributed by atoms with van der Waals surface area (Å²) >= 11 is 0. The van der Waals surface area contributed by atoms with Gasteiger partial charge >= 0.3 is 0 Å². The molecule has 1 aromatic carbocycles. The van der Waals surface area contributed by atoms with Crippen LogP contribution < -0.4 is 0 Å². The molecule has 0 N–H and O–H groups in total. The lowest BCUT2D eigenvalue weighted by atomic mass is 9.51. The number of ketones is 2. The third kappa shape index (κ3) is 3.66. The molecule has 3 nitrogen and oxygen atoms in total. The predicted octanol–water partition coefficient (Wildman–Crippen LogP) is 7.49. The molecular weight excluding hydrogens is 442 g/mol. The molecule has 1 aromatic heterocycles. The van der Waals surface area contributed by atoms with Crippen molar-refractivity contribution in [3.05, 3.63) is 77.2 Å². The van der Waals surface area contributed by atoms with Crippen molar-refractivity contribution >= 4 is 11.6 Å². The molecule has 2 aromatic rings. The summed E-state index contributed by atoms with van der Waals surface area (Å²) in [7, 11) is 0. The fourth-order valence-electron chi connectivity index (χ4n) is 8.78. The van der Waals surface area contributed by atoms with Crippen molar-refractivity contribution in [2.45, 2.75) is 71.6 Å². The maximum atomic E-state index is 13.1. The van der Waals surface area contributed by atoms with Gasteiger partial charge in [-0.05, 0) is 102 Å². The maximum absolute atomic E-state index is 13.1. The van der Waals surface area contributed by atoms with Crippen LogP contribution in [0.15, 0.2) is 71.6 Å². The van der Waals surface area contributed by atoms with Crippen LogP contribution in [0.4, 0.5) is 0 Å². The van der Waals surface area contributed by atoms with Crippen LogP contribution in [0.5, 0.6) is 0 Å². The summed E-state index contributed by atoms with van der Waals surface area (Å²) in [5, 5.41) is 0. The number of hydrogen-bond donors (Lipinski definition) is 0. The van der Waals surface area contributed by atoms with Gasteiger partial charge in [0, 0.05) is 30.7 Å². The van der Waals surface area contributed by atoms with Crippen molar-refractivity contribution in [3.63, 3.8) is 0 Å². The zero-order valence-corrected chi connectivity index (χ0v) is 21.8. The van der Waals surface area contributed by atoms with Gasteiger partial charge in [0.25, 0.3) is 0 Å². The molecule has 3 unspecified atom stereocenters. The molecule has 2 fully saturated rings. The van der Waals surface area contributed by atoms with Crippen molar-refractivity contribution < 1.29 is 9.59 Å². The second-order valence-electron chi connectivity index (χ2n) is 11.9. The fraction of sp³-hybridized carbons (Fsp3) is 0.485. The number of rotatable bonds is 4. The molecule has 0 radical (unpaired) electrons. The van der Waals surface area contributed by atoms with Crippen molar-refractivity contribution in [3.8, 4) is 11.1 Å². The Morgan fingerprint density at radius 1 is 1.08 bits per heavy atom. The number of carbonyl (C=O) groups is 2. The van der Waals surface area contributed by atoms with Gasteiger partial charge < -0.3 is 0 Å². The standard InChI is InChI=1S/C33H37NO2/c1-4-21-17-30-28-13-11-24-16-26(36)12-14-27(24)31(28)29(18-33(30,3)32(21)20(2)35)23-9-7-22(8-10-23)25-6-5-15-34-19-25/h5-10,15-16,19,21,28-30,32H,4,11-14,17-18H2,1-3H3/t21-,28?,29?,30?,32+,33+/m1/s1. The first-order valence-electron chi connectivity index (χ1n) is 13.9. The van der Waals surface area contributed by atoms with E-state index >= 15 is 0 Å². The topological polar surface area (TPSA) is 47.0 Å². The summed E-state index contributed by atoms with van der Waals surface area (Å²) in [6, 6.07) is 13.2. The van der Waals surface area contributed by atoms with E-state index < -0.39 is 0 Å². The van der Waals surface area contributed by atoms with Gasteiger partial charge in [-0.3, -0.25) is 14.6 Å². The molecule has 0 aliphatic heterocycles. The zero-order valence-electron chi connectivity index (χ0n) is 21.8. The van der Waals surface area contributed by atoms with E-state index in [0.29, 0.717) is 35.9 Å². The monoisotopic (exact) mass is 479 g/mol. The molecule has 2 saturated carbocycles. The van der Waals surface area contributed by atoms with Crippen LogP contribution in [-0.4, -0.2) is 16.6 Å². The highest BCUT2D eigenvalue weighted by molar-refractivity contribution is 5.93. The van der Waals surface area contributed by atoms with E-state index in [-0.39, 0.29) is 17.1 Å². The molecule has 1 heterocycles. The minimum absolute atomic E-state index is 0.0274. The Balaban J connectivity index is 1.48. The average Bonchev–Trinajstić information content (AvgIpc) is 3.21. The summed E-state index contributed by atoms with van der Waals surface area (Å²) in [4.78, 5) is 29.7. The highest BCUT2D eigenvalue weighted by Gasteiger charge is 2.60. The summed E-state index contributed by atoms with van der Waals surface area (Å²) in [6.45, 7) is 6.54. The smallest absolute Gasteiger partial charge is 0.156 e. The van der Waals surface area contributed by atoms with Crippen LogP contribution in [0.25, 0.3) is 11.1 Å². The Morgan fingerprint density at radius 3 is 2.58 bits per heavy atom. The minimum Gasteiger partial charge on any atom is -0.300 e. The number of benzene rings is 1. The average molecular weight is 480 g/mol. The third-order valence-corrected chi connectivity index (χ3v) is 10.2. The number of nitrogens with zero attached hydrogens (tertiary/aromatic N) is 1. The van der Waals surface area contributed by atoms with E-state index in [2.05, 4.69) is 49.2 Å². The van der Waals surface area contributed by atoms with Gasteiger partial charge in [-0.15, -0.1) is 0 Å². The first-order chi connectivity index (χ1) is 17.4. The van der Waals surface area contributed by atoms with Gasteiger partial charge in [-0.1, -0.05) is 56.2 Å². The molecule has 6 atom stereocenters. The lowest BCUT2D eigenvalue weighted by Crippen LogP contribution is -2.45. The molecule has 4 aliphatic rings. The quantitative estimate of drug-likeness (QED) is 0.456. The van der Waals surface area contributed by atoms with Crippen LogP contribution in [-0.2, 0) is 9.59 Å². The number of aromatic nitrogens is 1. The van der Waals surface area contributed by atoms with Crippen molar-refractivity contribution in [2.75, 3.05) is 0 Å². The van der Waals surface area contributed by atoms with Crippen LogP contribution in [0, 0.1) is 29.1 Å². The second-order valence-corrected chi connectivity index (χ2v) is 11.9. The largest absolute Gasteiger partial charge is 0.300 e. The summed E-state index contributed by atoms with van der Waals surface area (Å²) in [5.41, 5.74) is 8.08. The van der Waals surface area contributed by atoms with Crippen molar-refractivity contribution in [1.82, 2.24) is 4.98 Å². The van der Waals surface area contributed by atoms with Gasteiger partial charge in [0.15, 0.2) is 5.78 Å². The lowest BCUT2D eigenvalue weighted by Gasteiger charge is -2.52. The van der Waals surface area contributed by atoms with Crippen LogP contribution in [0.2, 0.25) is 0 Å². The Hall–Kier alpha value is -2.81. The van der Waals surface area contributed by atoms with Gasteiger partial charge in [0.1, 0.15) is 5.78 Å². The van der Waals surface area contributed by atoms with Crippen LogP contribution in [0.1, 0.15) is 77.2 Å². The molecule has 0 spiro atoms. The Labute approximate surface area is 215 Å². The fourth-order valence-corrected chi connectivity index (χ4v) is 8.78. The van der Waals surface area contributed by atoms with Crippen molar-refractivity contribution in [1.29, 1.82) is 0 Å². The van der Waals surface area contributed by atoms with E-state index in [0.717, 1.165) is 37.7 Å². The first kappa shape index (κ1) is 23.6. The Bertz CT molecular complexity index is 1250. The van der Waals surface area contributed by atoms with E-state index in [1.54, 1.807) is 5.57 Å². The molecule has 6 rings (SSSR count). The molecule has 36 heavy (non-hydrogen) atoms. The minimum atomic E-state index is 0.0274. The molecule has 3 heteroatoms. The highest BCUT2D eigenvalue weighted by Crippen LogP contribution is 2.67. The number of pyridine rings is 1. The molecule has 0 amide bonds. The van der Waals surface area contributed by atoms with Gasteiger partial charge in [0.05, 0.1) is 0 Å². The zero-order chi connectivity index (χ0) is 25.0. The van der Waals surface area contributed by atoms with Crippen molar-refractivity contribution in [2.24, 2.45) is 29.1 Å². The first-order valence-corrected chi connectivity index (χ1v) is 13.9. The second kappa shape index (κ2) is 8.94. The SMILES string of the molecule is CC[C@@H]1CC2C3CCC4=CC(=O)CCC4=C3C(c3ccc(-c4cccnc4)cc3)C[C@]2(C)[C@H]1C(C)=O. The number of hydrogen-bond acceptors (Lipinski definition) is 3. The van der Waals surface area contributed by atoms with E-state index in [1.807, 2.05) is 31.5 Å². The number of allylic oxidation sites excluding steroid dienone is 4. The molecule has 0 bridgehead atoms. The maximum Gasteiger partial charge on any atom is 0.156 e. The summed E-state index contributed by atoms with van der Waals surface area (Å²) < 4.78 is 0. The van der Waals surface area contributed by atoms with Crippen LogP contribution in [0.3, 0.4) is 0 Å². The molecular formula is C33H37NO2. The lowest BCUT2D eigenvalue weighted by molar-refractivity contribution is -0.126. The molecule has 186 valence electrons. The number of Topliss-reactive ketones (excluding diaryl/α,β-unsaturated/α-hetero) is 1. The molecule has 4 aliphatic carbocycles. The predicted molar refractivity (Wildman–Crippen MR) is 143 cm³/mol. The highest BCUT2D eigenvalue weighted by atomic mass is 16.1. The van der Waals surface area contributed by atoms with Crippen LogP contribution >= 0.6 is 0 Å². The van der Waals surface area contributed by atoms with Gasteiger partial charge in [-0.2, -0.15) is 0 Å². The normalized spacial score (nSPS) is 33.5.